The molecule has 1 aliphatic heterocycles. The van der Waals surface area contributed by atoms with E-state index in [1.807, 2.05) is 12.1 Å². The summed E-state index contributed by atoms with van der Waals surface area (Å²) in [6.45, 7) is 0. The maximum absolute atomic E-state index is 6.17. The van der Waals surface area contributed by atoms with E-state index < -0.39 is 0 Å². The van der Waals surface area contributed by atoms with Gasteiger partial charge in [0.15, 0.2) is 0 Å². The normalized spacial score (nSPS) is 11.7. The second-order valence-corrected chi connectivity index (χ2v) is 6.20. The molecule has 0 unspecified atom stereocenters. The van der Waals surface area contributed by atoms with E-state index in [4.69, 9.17) is 4.74 Å². The summed E-state index contributed by atoms with van der Waals surface area (Å²) in [4.78, 5) is 0. The Morgan fingerprint density at radius 2 is 1.33 bits per heavy atom. The van der Waals surface area contributed by atoms with Gasteiger partial charge in [-0.2, -0.15) is 0 Å². The average molecular weight is 335 g/mol. The summed E-state index contributed by atoms with van der Waals surface area (Å²) < 4.78 is 7.23. The maximum atomic E-state index is 6.17. The van der Waals surface area contributed by atoms with Crippen LogP contribution in [0.15, 0.2) is 65.1 Å². The fourth-order valence-electron chi connectivity index (χ4n) is 2.82. The van der Waals surface area contributed by atoms with Gasteiger partial charge < -0.3 is 4.74 Å². The Kier molecular flexibility index (Phi) is 2.90. The van der Waals surface area contributed by atoms with Crippen molar-refractivity contribution in [2.45, 2.75) is 0 Å². The number of rotatable bonds is 0. The first-order valence-electron chi connectivity index (χ1n) is 6.90. The molecule has 1 heterocycles. The van der Waals surface area contributed by atoms with Crippen molar-refractivity contribution < 1.29 is 4.74 Å². The van der Waals surface area contributed by atoms with E-state index in [-0.39, 0.29) is 0 Å². The number of benzene rings is 3. The summed E-state index contributed by atoms with van der Waals surface area (Å²) in [6.07, 6.45) is 0. The molecule has 0 aliphatic carbocycles. The van der Waals surface area contributed by atoms with Crippen molar-refractivity contribution in [3.05, 3.63) is 65.1 Å². The van der Waals surface area contributed by atoms with E-state index in [0.717, 1.165) is 27.1 Å². The van der Waals surface area contributed by atoms with Crippen molar-refractivity contribution in [3.63, 3.8) is 0 Å². The summed E-state index contributed by atoms with van der Waals surface area (Å²) in [7, 11) is 2.11. The van der Waals surface area contributed by atoms with E-state index in [2.05, 4.69) is 72.3 Å². The van der Waals surface area contributed by atoms with Crippen LogP contribution in [-0.2, 0) is 0 Å². The highest BCUT2D eigenvalue weighted by Crippen LogP contribution is 2.46. The molecule has 0 spiro atoms. The van der Waals surface area contributed by atoms with Crippen molar-refractivity contribution in [1.82, 2.24) is 0 Å². The minimum atomic E-state index is 0.897. The first-order chi connectivity index (χ1) is 10.2. The van der Waals surface area contributed by atoms with Crippen molar-refractivity contribution in [2.75, 3.05) is 0 Å². The van der Waals surface area contributed by atoms with Gasteiger partial charge in [-0.3, -0.25) is 0 Å². The predicted octanol–water partition coefficient (Wildman–Crippen LogP) is 4.15. The van der Waals surface area contributed by atoms with Crippen LogP contribution in [0.5, 0.6) is 11.5 Å². The second kappa shape index (κ2) is 4.78. The van der Waals surface area contributed by atoms with Crippen LogP contribution in [0.25, 0.3) is 22.3 Å². The van der Waals surface area contributed by atoms with Gasteiger partial charge in [0.2, 0.25) is 0 Å². The molecular formula is C18H12BBrO. The van der Waals surface area contributed by atoms with Crippen molar-refractivity contribution in [2.24, 2.45) is 0 Å². The quantitative estimate of drug-likeness (QED) is 0.439. The lowest BCUT2D eigenvalue weighted by Crippen LogP contribution is -2.01. The average Bonchev–Trinajstić information content (AvgIpc) is 2.63. The largest absolute Gasteiger partial charge is 0.456 e. The van der Waals surface area contributed by atoms with Crippen molar-refractivity contribution in [1.29, 1.82) is 0 Å². The molecule has 100 valence electrons. The van der Waals surface area contributed by atoms with E-state index in [1.54, 1.807) is 0 Å². The van der Waals surface area contributed by atoms with Crippen LogP contribution in [0.3, 0.4) is 0 Å². The number of hydrogen-bond donors (Lipinski definition) is 0. The predicted molar refractivity (Wildman–Crippen MR) is 93.3 cm³/mol. The third-order valence-electron chi connectivity index (χ3n) is 3.80. The molecule has 21 heavy (non-hydrogen) atoms. The van der Waals surface area contributed by atoms with Crippen molar-refractivity contribution in [3.8, 4) is 33.8 Å². The number of halogens is 1. The molecule has 0 N–H and O–H groups in total. The molecule has 0 saturated heterocycles. The third kappa shape index (κ3) is 2.09. The molecule has 1 aliphatic rings. The van der Waals surface area contributed by atoms with Gasteiger partial charge in [0, 0.05) is 15.6 Å². The monoisotopic (exact) mass is 334 g/mol. The van der Waals surface area contributed by atoms with Gasteiger partial charge in [0.25, 0.3) is 0 Å². The van der Waals surface area contributed by atoms with E-state index in [0.29, 0.717) is 0 Å². The highest BCUT2D eigenvalue weighted by Gasteiger charge is 2.20. The van der Waals surface area contributed by atoms with Crippen LogP contribution in [0.2, 0.25) is 0 Å². The number of fused-ring (bicyclic) bond motifs is 5. The van der Waals surface area contributed by atoms with Gasteiger partial charge in [-0.1, -0.05) is 57.8 Å². The summed E-state index contributed by atoms with van der Waals surface area (Å²) in [6, 6.07) is 20.9. The number of ether oxygens (including phenoxy) is 1. The summed E-state index contributed by atoms with van der Waals surface area (Å²) >= 11 is 3.56. The van der Waals surface area contributed by atoms with Crippen LogP contribution in [0.4, 0.5) is 0 Å². The molecule has 0 saturated carbocycles. The lowest BCUT2D eigenvalue weighted by atomic mass is 9.89. The zero-order valence-corrected chi connectivity index (χ0v) is 13.1. The Hall–Kier alpha value is -2.00. The Bertz CT molecular complexity index is 787. The Balaban J connectivity index is 2.11. The van der Waals surface area contributed by atoms with Crippen LogP contribution < -0.4 is 10.2 Å². The zero-order chi connectivity index (χ0) is 14.4. The minimum Gasteiger partial charge on any atom is -0.456 e. The maximum Gasteiger partial charge on any atom is 0.139 e. The van der Waals surface area contributed by atoms with E-state index in [1.165, 1.54) is 16.6 Å². The fourth-order valence-corrected chi connectivity index (χ4v) is 3.18. The molecule has 0 aromatic heterocycles. The van der Waals surface area contributed by atoms with Crippen LogP contribution in [0.1, 0.15) is 0 Å². The van der Waals surface area contributed by atoms with Gasteiger partial charge in [-0.05, 0) is 35.4 Å². The molecule has 3 aromatic carbocycles. The fraction of sp³-hybridized carbons (Fsp3) is 0. The Morgan fingerprint density at radius 3 is 2.05 bits per heavy atom. The SMILES string of the molecule is Bc1ccc2c(c1)-c1ccccc1-c1cc(Br)ccc1O2. The smallest absolute Gasteiger partial charge is 0.139 e. The highest BCUT2D eigenvalue weighted by atomic mass is 79.9. The first-order valence-corrected chi connectivity index (χ1v) is 7.69. The van der Waals surface area contributed by atoms with Gasteiger partial charge in [0.05, 0.1) is 0 Å². The van der Waals surface area contributed by atoms with Crippen molar-refractivity contribution >= 4 is 29.2 Å². The third-order valence-corrected chi connectivity index (χ3v) is 4.30. The molecule has 4 rings (SSSR count). The zero-order valence-electron chi connectivity index (χ0n) is 11.6. The first kappa shape index (κ1) is 12.7. The second-order valence-electron chi connectivity index (χ2n) is 5.29. The molecule has 0 amide bonds. The van der Waals surface area contributed by atoms with Gasteiger partial charge in [0.1, 0.15) is 19.3 Å². The topological polar surface area (TPSA) is 9.23 Å². The molecule has 1 nitrogen and oxygen atoms in total. The minimum absolute atomic E-state index is 0.897. The highest BCUT2D eigenvalue weighted by molar-refractivity contribution is 9.10. The molecule has 0 bridgehead atoms. The lowest BCUT2D eigenvalue weighted by Gasteiger charge is -2.09. The van der Waals surface area contributed by atoms with Gasteiger partial charge in [-0.15, -0.1) is 0 Å². The molecule has 3 heteroatoms. The van der Waals surface area contributed by atoms with Gasteiger partial charge >= 0.3 is 0 Å². The molecule has 0 radical (unpaired) electrons. The molecule has 0 fully saturated rings. The summed E-state index contributed by atoms with van der Waals surface area (Å²) in [5.74, 6) is 1.81. The van der Waals surface area contributed by atoms with Gasteiger partial charge in [-0.25, -0.2) is 0 Å². The lowest BCUT2D eigenvalue weighted by molar-refractivity contribution is 0.488. The van der Waals surface area contributed by atoms with Crippen LogP contribution in [0, 0.1) is 0 Å². The van der Waals surface area contributed by atoms with E-state index >= 15 is 0 Å². The summed E-state index contributed by atoms with van der Waals surface area (Å²) in [5, 5.41) is 0. The Labute approximate surface area is 133 Å². The molecular weight excluding hydrogens is 323 g/mol. The molecule has 3 aromatic rings. The summed E-state index contributed by atoms with van der Waals surface area (Å²) in [5.41, 5.74) is 5.93. The van der Waals surface area contributed by atoms with Crippen LogP contribution in [-0.4, -0.2) is 7.85 Å². The van der Waals surface area contributed by atoms with E-state index in [9.17, 15) is 0 Å². The van der Waals surface area contributed by atoms with Crippen LogP contribution >= 0.6 is 15.9 Å². The Morgan fingerprint density at radius 1 is 0.714 bits per heavy atom. The number of hydrogen-bond acceptors (Lipinski definition) is 1. The molecule has 0 atom stereocenters. The standard InChI is InChI=1S/C18H12BBrO/c19-11-5-7-17-15(9-11)13-3-1-2-4-14(13)16-10-12(20)6-8-18(16)21-17/h1-10H,19H2.